The Morgan fingerprint density at radius 3 is 2.95 bits per heavy atom. The monoisotopic (exact) mass is 322 g/mol. The molecule has 1 amide bonds. The van der Waals surface area contributed by atoms with E-state index in [1.165, 1.54) is 0 Å². The molecule has 0 bridgehead atoms. The Morgan fingerprint density at radius 2 is 2.32 bits per heavy atom. The maximum Gasteiger partial charge on any atom is 0.245 e. The maximum atomic E-state index is 11.5. The van der Waals surface area contributed by atoms with Gasteiger partial charge in [0.1, 0.15) is 6.04 Å². The highest BCUT2D eigenvalue weighted by molar-refractivity contribution is 9.10. The highest BCUT2D eigenvalue weighted by Crippen LogP contribution is 2.38. The first kappa shape index (κ1) is 13.8. The molecule has 2 atom stereocenters. The molecule has 0 aliphatic carbocycles. The number of halogens is 1. The summed E-state index contributed by atoms with van der Waals surface area (Å²) < 4.78 is 0.867. The van der Waals surface area contributed by atoms with Gasteiger partial charge in [0.15, 0.2) is 0 Å². The molecule has 1 aliphatic rings. The van der Waals surface area contributed by atoms with E-state index in [0.29, 0.717) is 6.54 Å². The number of rotatable bonds is 3. The van der Waals surface area contributed by atoms with E-state index in [9.17, 15) is 4.79 Å². The van der Waals surface area contributed by atoms with E-state index >= 15 is 0 Å². The molecule has 3 N–H and O–H groups in total. The zero-order valence-electron chi connectivity index (χ0n) is 10.8. The van der Waals surface area contributed by atoms with Crippen molar-refractivity contribution in [1.82, 2.24) is 0 Å². The van der Waals surface area contributed by atoms with Gasteiger partial charge in [-0.25, -0.2) is 0 Å². The summed E-state index contributed by atoms with van der Waals surface area (Å²) in [6.45, 7) is 2.49. The maximum absolute atomic E-state index is 11.5. The Balaban J connectivity index is 2.32. The van der Waals surface area contributed by atoms with Gasteiger partial charge in [0.25, 0.3) is 0 Å². The Morgan fingerprint density at radius 1 is 1.63 bits per heavy atom. The number of fused-ring (bicyclic) bond motifs is 1. The van der Waals surface area contributed by atoms with Gasteiger partial charge in [0.05, 0.1) is 17.7 Å². The summed E-state index contributed by atoms with van der Waals surface area (Å²) in [4.78, 5) is 13.5. The predicted molar refractivity (Wildman–Crippen MR) is 77.7 cm³/mol. The molecule has 0 saturated carbocycles. The van der Waals surface area contributed by atoms with Crippen molar-refractivity contribution < 1.29 is 4.79 Å². The topological polar surface area (TPSA) is 82.2 Å². The highest BCUT2D eigenvalue weighted by Gasteiger charge is 2.28. The molecule has 6 heteroatoms. The first-order chi connectivity index (χ1) is 8.93. The smallest absolute Gasteiger partial charge is 0.245 e. The van der Waals surface area contributed by atoms with Crippen LogP contribution in [0.3, 0.4) is 0 Å². The minimum Gasteiger partial charge on any atom is -0.372 e. The normalized spacial score (nSPS) is 18.5. The number of benzene rings is 1. The van der Waals surface area contributed by atoms with Crippen molar-refractivity contribution in [3.63, 3.8) is 0 Å². The highest BCUT2D eigenvalue weighted by atomic mass is 79.9. The summed E-state index contributed by atoms with van der Waals surface area (Å²) in [5.41, 5.74) is 8.26. The number of carbonyl (C=O) groups is 1. The number of amides is 1. The number of nitrogens with zero attached hydrogens (tertiary/aromatic N) is 2. The molecule has 1 aromatic carbocycles. The molecular formula is C13H15BrN4O. The lowest BCUT2D eigenvalue weighted by Crippen LogP contribution is -2.23. The second kappa shape index (κ2) is 5.19. The molecule has 100 valence electrons. The van der Waals surface area contributed by atoms with Crippen LogP contribution in [0.1, 0.15) is 18.5 Å². The molecule has 2 rings (SSSR count). The standard InChI is InChI=1S/C13H15BrN4O/c1-7(5-15)6-18(2)11-4-10-8(3-9(11)14)12(16)13(19)17-10/h3-4,7,12H,6,16H2,1-2H3,(H,17,19). The Labute approximate surface area is 120 Å². The molecule has 0 fully saturated rings. The van der Waals surface area contributed by atoms with Crippen molar-refractivity contribution in [3.8, 4) is 6.07 Å². The van der Waals surface area contributed by atoms with Crippen LogP contribution in [-0.4, -0.2) is 19.5 Å². The van der Waals surface area contributed by atoms with Gasteiger partial charge >= 0.3 is 0 Å². The van der Waals surface area contributed by atoms with Gasteiger partial charge < -0.3 is 16.0 Å². The summed E-state index contributed by atoms with van der Waals surface area (Å²) >= 11 is 3.49. The van der Waals surface area contributed by atoms with Crippen LogP contribution in [0.4, 0.5) is 11.4 Å². The molecule has 0 aromatic heterocycles. The molecule has 1 aromatic rings. The number of nitrogens with two attached hydrogens (primary N) is 1. The van der Waals surface area contributed by atoms with Crippen molar-refractivity contribution in [3.05, 3.63) is 22.2 Å². The lowest BCUT2D eigenvalue weighted by Gasteiger charge is -2.22. The van der Waals surface area contributed by atoms with Crippen molar-refractivity contribution in [1.29, 1.82) is 5.26 Å². The predicted octanol–water partition coefficient (Wildman–Crippen LogP) is 2.00. The zero-order chi connectivity index (χ0) is 14.2. The molecule has 1 heterocycles. The molecule has 0 radical (unpaired) electrons. The van der Waals surface area contributed by atoms with Gasteiger partial charge in [-0.15, -0.1) is 0 Å². The lowest BCUT2D eigenvalue weighted by molar-refractivity contribution is -0.116. The third-order valence-corrected chi connectivity index (χ3v) is 3.81. The Bertz CT molecular complexity index is 566. The minimum absolute atomic E-state index is 0.0676. The van der Waals surface area contributed by atoms with Crippen LogP contribution in [0.5, 0.6) is 0 Å². The average Bonchev–Trinajstić information content (AvgIpc) is 2.64. The minimum atomic E-state index is -0.608. The van der Waals surface area contributed by atoms with Crippen molar-refractivity contribution >= 4 is 33.2 Å². The van der Waals surface area contributed by atoms with E-state index in [1.807, 2.05) is 31.0 Å². The van der Waals surface area contributed by atoms with Gasteiger partial charge in [-0.2, -0.15) is 5.26 Å². The summed E-state index contributed by atoms with van der Waals surface area (Å²) in [6, 6.07) is 5.34. The summed E-state index contributed by atoms with van der Waals surface area (Å²) in [5.74, 6) is -0.255. The quantitative estimate of drug-likeness (QED) is 0.891. The van der Waals surface area contributed by atoms with E-state index < -0.39 is 6.04 Å². The Hall–Kier alpha value is -1.58. The van der Waals surface area contributed by atoms with Crippen molar-refractivity contribution in [2.45, 2.75) is 13.0 Å². The fraction of sp³-hybridized carbons (Fsp3) is 0.385. The van der Waals surface area contributed by atoms with Crippen molar-refractivity contribution in [2.75, 3.05) is 23.8 Å². The van der Waals surface area contributed by atoms with Gasteiger partial charge in [0.2, 0.25) is 5.91 Å². The number of nitriles is 1. The molecule has 5 nitrogen and oxygen atoms in total. The first-order valence-corrected chi connectivity index (χ1v) is 6.74. The summed E-state index contributed by atoms with van der Waals surface area (Å²) in [6.07, 6.45) is 0. The summed E-state index contributed by atoms with van der Waals surface area (Å²) in [7, 11) is 1.91. The van der Waals surface area contributed by atoms with Crippen LogP contribution < -0.4 is 16.0 Å². The number of carbonyl (C=O) groups excluding carboxylic acids is 1. The van der Waals surface area contributed by atoms with Crippen LogP contribution in [-0.2, 0) is 4.79 Å². The van der Waals surface area contributed by atoms with E-state index in [1.54, 1.807) is 0 Å². The van der Waals surface area contributed by atoms with Gasteiger partial charge in [-0.3, -0.25) is 4.79 Å². The molecule has 0 saturated heterocycles. The fourth-order valence-corrected chi connectivity index (χ4v) is 2.80. The van der Waals surface area contributed by atoms with E-state index in [4.69, 9.17) is 11.0 Å². The zero-order valence-corrected chi connectivity index (χ0v) is 12.4. The molecular weight excluding hydrogens is 308 g/mol. The van der Waals surface area contributed by atoms with Crippen molar-refractivity contribution in [2.24, 2.45) is 11.7 Å². The lowest BCUT2D eigenvalue weighted by atomic mass is 10.1. The number of anilines is 2. The number of hydrogen-bond donors (Lipinski definition) is 2. The van der Waals surface area contributed by atoms with Gasteiger partial charge in [-0.05, 0) is 35.0 Å². The molecule has 0 spiro atoms. The molecule has 19 heavy (non-hydrogen) atoms. The van der Waals surface area contributed by atoms with Crippen LogP contribution in [0.25, 0.3) is 0 Å². The number of hydrogen-bond acceptors (Lipinski definition) is 4. The van der Waals surface area contributed by atoms with Gasteiger partial charge in [0, 0.05) is 29.3 Å². The van der Waals surface area contributed by atoms with Crippen LogP contribution in [0, 0.1) is 17.2 Å². The Kier molecular flexibility index (Phi) is 3.78. The second-order valence-electron chi connectivity index (χ2n) is 4.77. The SMILES string of the molecule is CC(C#N)CN(C)c1cc2c(cc1Br)C(N)C(=O)N2. The van der Waals surface area contributed by atoms with Gasteiger partial charge in [-0.1, -0.05) is 0 Å². The van der Waals surface area contributed by atoms with E-state index in [0.717, 1.165) is 21.4 Å². The largest absolute Gasteiger partial charge is 0.372 e. The third kappa shape index (κ3) is 2.57. The third-order valence-electron chi connectivity index (χ3n) is 3.17. The van der Waals surface area contributed by atoms with Crippen LogP contribution in [0.15, 0.2) is 16.6 Å². The fourth-order valence-electron chi connectivity index (χ4n) is 2.14. The van der Waals surface area contributed by atoms with Crippen LogP contribution in [0.2, 0.25) is 0 Å². The van der Waals surface area contributed by atoms with E-state index in [-0.39, 0.29) is 11.8 Å². The second-order valence-corrected chi connectivity index (χ2v) is 5.62. The first-order valence-electron chi connectivity index (χ1n) is 5.94. The molecule has 2 unspecified atom stereocenters. The van der Waals surface area contributed by atoms with E-state index in [2.05, 4.69) is 27.3 Å². The summed E-state index contributed by atoms with van der Waals surface area (Å²) in [5, 5.41) is 11.6. The average molecular weight is 323 g/mol. The van der Waals surface area contributed by atoms with Crippen LogP contribution >= 0.6 is 15.9 Å². The molecule has 1 aliphatic heterocycles. The number of nitrogens with one attached hydrogen (secondary N) is 1.